The molecule has 3 aliphatic rings. The lowest BCUT2D eigenvalue weighted by atomic mass is 9.84. The van der Waals surface area contributed by atoms with E-state index in [4.69, 9.17) is 10.7 Å². The molecule has 0 spiro atoms. The molecule has 0 saturated heterocycles. The Kier molecular flexibility index (Phi) is 6.66. The maximum atomic E-state index is 13.0. The SMILES string of the molecule is N[C@@H](CS)C(=O)N1CCn2cc(C3CCCCC3)nc2[C@@H]1CC1CCCCC1. The number of fused-ring (bicyclic) bond motifs is 1. The third kappa shape index (κ3) is 4.28. The summed E-state index contributed by atoms with van der Waals surface area (Å²) in [5.41, 5.74) is 7.35. The normalized spacial score (nSPS) is 25.5. The molecule has 2 heterocycles. The monoisotopic (exact) mass is 404 g/mol. The lowest BCUT2D eigenvalue weighted by Crippen LogP contribution is -2.50. The average molecular weight is 405 g/mol. The van der Waals surface area contributed by atoms with Crippen molar-refractivity contribution in [2.45, 2.75) is 95.2 Å². The van der Waals surface area contributed by atoms with E-state index >= 15 is 0 Å². The molecule has 4 rings (SSSR count). The Labute approximate surface area is 174 Å². The summed E-state index contributed by atoms with van der Waals surface area (Å²) in [4.78, 5) is 20.2. The van der Waals surface area contributed by atoms with E-state index in [0.717, 1.165) is 25.3 Å². The first-order valence-electron chi connectivity index (χ1n) is 11.4. The van der Waals surface area contributed by atoms with Crippen LogP contribution in [0.5, 0.6) is 0 Å². The van der Waals surface area contributed by atoms with Crippen molar-refractivity contribution < 1.29 is 4.79 Å². The van der Waals surface area contributed by atoms with Crippen molar-refractivity contribution >= 4 is 18.5 Å². The topological polar surface area (TPSA) is 64.2 Å². The van der Waals surface area contributed by atoms with Crippen molar-refractivity contribution in [3.8, 4) is 0 Å². The first-order chi connectivity index (χ1) is 13.7. The standard InChI is InChI=1S/C22H36N4OS/c23-18(15-28)22(27)26-12-11-25-14-19(17-9-5-2-6-10-17)24-21(25)20(26)13-16-7-3-1-4-8-16/h14,16-18,20,28H,1-13,15,23H2/t18-,20-/m0/s1. The molecule has 156 valence electrons. The number of aromatic nitrogens is 2. The van der Waals surface area contributed by atoms with E-state index in [2.05, 4.69) is 23.4 Å². The molecule has 1 aliphatic heterocycles. The van der Waals surface area contributed by atoms with Gasteiger partial charge in [0.2, 0.25) is 5.91 Å². The van der Waals surface area contributed by atoms with E-state index in [0.29, 0.717) is 17.6 Å². The lowest BCUT2D eigenvalue weighted by molar-refractivity contribution is -0.136. The molecule has 2 fully saturated rings. The van der Waals surface area contributed by atoms with E-state index in [-0.39, 0.29) is 11.9 Å². The van der Waals surface area contributed by atoms with Crippen molar-refractivity contribution in [2.75, 3.05) is 12.3 Å². The number of imidazole rings is 1. The molecule has 6 heteroatoms. The van der Waals surface area contributed by atoms with E-state index in [1.807, 2.05) is 4.90 Å². The fourth-order valence-electron chi connectivity index (χ4n) is 5.53. The van der Waals surface area contributed by atoms with Crippen LogP contribution in [0.2, 0.25) is 0 Å². The Morgan fingerprint density at radius 1 is 1.11 bits per heavy atom. The van der Waals surface area contributed by atoms with E-state index in [9.17, 15) is 4.79 Å². The van der Waals surface area contributed by atoms with Crippen LogP contribution in [-0.4, -0.2) is 38.7 Å². The number of hydrogen-bond donors (Lipinski definition) is 2. The minimum atomic E-state index is -0.517. The summed E-state index contributed by atoms with van der Waals surface area (Å²) in [6.45, 7) is 1.58. The minimum absolute atomic E-state index is 0.0456. The second kappa shape index (κ2) is 9.21. The van der Waals surface area contributed by atoms with Gasteiger partial charge in [0.15, 0.2) is 0 Å². The molecule has 2 N–H and O–H groups in total. The van der Waals surface area contributed by atoms with Crippen molar-refractivity contribution in [3.05, 3.63) is 17.7 Å². The second-order valence-electron chi connectivity index (χ2n) is 9.13. The molecule has 2 atom stereocenters. The Morgan fingerprint density at radius 3 is 2.46 bits per heavy atom. The Hall–Kier alpha value is -1.01. The van der Waals surface area contributed by atoms with Gasteiger partial charge in [-0.1, -0.05) is 51.4 Å². The van der Waals surface area contributed by atoms with Gasteiger partial charge in [0, 0.05) is 31.0 Å². The summed E-state index contributed by atoms with van der Waals surface area (Å²) in [7, 11) is 0. The number of carbonyl (C=O) groups excluding carboxylic acids is 1. The van der Waals surface area contributed by atoms with Gasteiger partial charge in [-0.15, -0.1) is 0 Å². The van der Waals surface area contributed by atoms with Gasteiger partial charge < -0.3 is 15.2 Å². The molecule has 0 bridgehead atoms. The molecule has 28 heavy (non-hydrogen) atoms. The number of thiol groups is 1. The van der Waals surface area contributed by atoms with Crippen LogP contribution < -0.4 is 5.73 Å². The van der Waals surface area contributed by atoms with Gasteiger partial charge in [0.1, 0.15) is 5.82 Å². The molecule has 1 amide bonds. The largest absolute Gasteiger partial charge is 0.331 e. The summed E-state index contributed by atoms with van der Waals surface area (Å²) in [6, 6.07) is -0.441. The number of rotatable bonds is 5. The van der Waals surface area contributed by atoms with Crippen molar-refractivity contribution in [1.29, 1.82) is 0 Å². The van der Waals surface area contributed by atoms with Crippen molar-refractivity contribution in [1.82, 2.24) is 14.5 Å². The molecule has 1 aromatic rings. The van der Waals surface area contributed by atoms with Crippen LogP contribution in [-0.2, 0) is 11.3 Å². The van der Waals surface area contributed by atoms with Crippen molar-refractivity contribution in [3.63, 3.8) is 0 Å². The molecule has 5 nitrogen and oxygen atoms in total. The number of carbonyl (C=O) groups is 1. The van der Waals surface area contributed by atoms with Gasteiger partial charge in [-0.05, 0) is 25.2 Å². The molecule has 2 saturated carbocycles. The lowest BCUT2D eigenvalue weighted by Gasteiger charge is -2.39. The highest BCUT2D eigenvalue weighted by Gasteiger charge is 2.37. The van der Waals surface area contributed by atoms with Gasteiger partial charge in [-0.2, -0.15) is 12.6 Å². The zero-order chi connectivity index (χ0) is 19.5. The molecular formula is C22H36N4OS. The number of hydrogen-bond acceptors (Lipinski definition) is 4. The van der Waals surface area contributed by atoms with Crippen LogP contribution in [0.3, 0.4) is 0 Å². The molecule has 2 aliphatic carbocycles. The average Bonchev–Trinajstić information content (AvgIpc) is 3.19. The van der Waals surface area contributed by atoms with E-state index in [1.165, 1.54) is 69.9 Å². The Bertz CT molecular complexity index is 663. The minimum Gasteiger partial charge on any atom is -0.331 e. The van der Waals surface area contributed by atoms with Gasteiger partial charge in [-0.3, -0.25) is 4.79 Å². The summed E-state index contributed by atoms with van der Waals surface area (Å²) in [5, 5.41) is 0. The molecule has 0 aromatic carbocycles. The predicted octanol–water partition coefficient (Wildman–Crippen LogP) is 4.04. The summed E-state index contributed by atoms with van der Waals surface area (Å²) in [6.07, 6.45) is 16.4. The van der Waals surface area contributed by atoms with Crippen LogP contribution in [0.4, 0.5) is 0 Å². The third-order valence-corrected chi connectivity index (χ3v) is 7.58. The maximum Gasteiger partial charge on any atom is 0.241 e. The maximum absolute atomic E-state index is 13.0. The first-order valence-corrected chi connectivity index (χ1v) is 12.0. The first kappa shape index (κ1) is 20.3. The smallest absolute Gasteiger partial charge is 0.241 e. The second-order valence-corrected chi connectivity index (χ2v) is 9.49. The predicted molar refractivity (Wildman–Crippen MR) is 116 cm³/mol. The fourth-order valence-corrected chi connectivity index (χ4v) is 5.68. The zero-order valence-corrected chi connectivity index (χ0v) is 18.0. The van der Waals surface area contributed by atoms with Crippen molar-refractivity contribution in [2.24, 2.45) is 11.7 Å². The molecule has 1 aromatic heterocycles. The van der Waals surface area contributed by atoms with Gasteiger partial charge in [0.25, 0.3) is 0 Å². The molecular weight excluding hydrogens is 368 g/mol. The fraction of sp³-hybridized carbons (Fsp3) is 0.818. The van der Waals surface area contributed by atoms with Gasteiger partial charge in [0.05, 0.1) is 17.8 Å². The molecule has 0 radical (unpaired) electrons. The summed E-state index contributed by atoms with van der Waals surface area (Å²) < 4.78 is 2.34. The third-order valence-electron chi connectivity index (χ3n) is 7.18. The quantitative estimate of drug-likeness (QED) is 0.728. The van der Waals surface area contributed by atoms with Gasteiger partial charge >= 0.3 is 0 Å². The van der Waals surface area contributed by atoms with E-state index < -0.39 is 6.04 Å². The number of amides is 1. The van der Waals surface area contributed by atoms with Crippen LogP contribution >= 0.6 is 12.6 Å². The van der Waals surface area contributed by atoms with Crippen LogP contribution in [0.1, 0.15) is 94.1 Å². The summed E-state index contributed by atoms with van der Waals surface area (Å²) >= 11 is 4.27. The highest BCUT2D eigenvalue weighted by atomic mass is 32.1. The summed E-state index contributed by atoms with van der Waals surface area (Å²) in [5.74, 6) is 2.85. The number of nitrogens with two attached hydrogens (primary N) is 1. The Morgan fingerprint density at radius 2 is 1.79 bits per heavy atom. The zero-order valence-electron chi connectivity index (χ0n) is 17.1. The van der Waals surface area contributed by atoms with E-state index in [1.54, 1.807) is 0 Å². The highest BCUT2D eigenvalue weighted by molar-refractivity contribution is 7.80. The van der Waals surface area contributed by atoms with Gasteiger partial charge in [-0.25, -0.2) is 4.98 Å². The molecule has 0 unspecified atom stereocenters. The number of nitrogens with zero attached hydrogens (tertiary/aromatic N) is 3. The Balaban J connectivity index is 1.60. The van der Waals surface area contributed by atoms with Crippen LogP contribution in [0.15, 0.2) is 6.20 Å². The van der Waals surface area contributed by atoms with Crippen LogP contribution in [0, 0.1) is 5.92 Å². The highest BCUT2D eigenvalue weighted by Crippen LogP contribution is 2.39. The van der Waals surface area contributed by atoms with Crippen LogP contribution in [0.25, 0.3) is 0 Å².